The van der Waals surface area contributed by atoms with Crippen LogP contribution in [0.4, 0.5) is 0 Å². The fourth-order valence-electron chi connectivity index (χ4n) is 1.26. The van der Waals surface area contributed by atoms with E-state index in [0.717, 1.165) is 10.5 Å². The Bertz CT molecular complexity index is 361. The van der Waals surface area contributed by atoms with Crippen molar-refractivity contribution in [2.45, 2.75) is 23.8 Å². The van der Waals surface area contributed by atoms with E-state index in [1.54, 1.807) is 11.8 Å². The molecule has 0 spiro atoms. The first-order valence-electron chi connectivity index (χ1n) is 4.54. The van der Waals surface area contributed by atoms with Gasteiger partial charge in [-0.2, -0.15) is 0 Å². The highest BCUT2D eigenvalue weighted by atomic mass is 32.2. The first-order chi connectivity index (χ1) is 6.95. The predicted molar refractivity (Wildman–Crippen MR) is 60.2 cm³/mol. The van der Waals surface area contributed by atoms with Crippen molar-refractivity contribution in [3.63, 3.8) is 0 Å². The Kier molecular flexibility index (Phi) is 3.77. The number of benzene rings is 1. The van der Waals surface area contributed by atoms with Gasteiger partial charge in [-0.15, -0.1) is 11.8 Å². The molecule has 0 aromatic heterocycles. The van der Waals surface area contributed by atoms with Crippen molar-refractivity contribution in [3.05, 3.63) is 29.8 Å². The molecule has 82 valence electrons. The van der Waals surface area contributed by atoms with Gasteiger partial charge in [-0.1, -0.05) is 12.1 Å². The van der Waals surface area contributed by atoms with Gasteiger partial charge in [-0.05, 0) is 30.9 Å². The van der Waals surface area contributed by atoms with Crippen molar-refractivity contribution in [2.75, 3.05) is 6.26 Å². The Balaban J connectivity index is 2.85. The standard InChI is InChI=1S/C11H14O3S/c1-11(14,10(12)13)7-8-4-3-5-9(6-8)15-2/h3-6,14H,7H2,1-2H3,(H,12,13). The van der Waals surface area contributed by atoms with Gasteiger partial charge in [0.15, 0.2) is 5.60 Å². The van der Waals surface area contributed by atoms with E-state index in [4.69, 9.17) is 5.11 Å². The fourth-order valence-corrected chi connectivity index (χ4v) is 1.74. The highest BCUT2D eigenvalue weighted by Crippen LogP contribution is 2.19. The molecular formula is C11H14O3S. The van der Waals surface area contributed by atoms with Crippen LogP contribution in [0.3, 0.4) is 0 Å². The molecule has 1 aromatic rings. The highest BCUT2D eigenvalue weighted by Gasteiger charge is 2.29. The average Bonchev–Trinajstić information content (AvgIpc) is 2.17. The van der Waals surface area contributed by atoms with Gasteiger partial charge >= 0.3 is 5.97 Å². The minimum atomic E-state index is -1.70. The van der Waals surface area contributed by atoms with Crippen LogP contribution in [-0.2, 0) is 11.2 Å². The van der Waals surface area contributed by atoms with E-state index in [1.165, 1.54) is 6.92 Å². The zero-order chi connectivity index (χ0) is 11.5. The van der Waals surface area contributed by atoms with Crippen LogP contribution in [0.1, 0.15) is 12.5 Å². The van der Waals surface area contributed by atoms with E-state index in [9.17, 15) is 9.90 Å². The monoisotopic (exact) mass is 226 g/mol. The van der Waals surface area contributed by atoms with E-state index in [0.29, 0.717) is 0 Å². The Labute approximate surface area is 93.1 Å². The van der Waals surface area contributed by atoms with E-state index in [1.807, 2.05) is 30.5 Å². The number of carbonyl (C=O) groups is 1. The molecule has 0 heterocycles. The number of carboxylic acids is 1. The number of hydrogen-bond donors (Lipinski definition) is 2. The molecule has 1 atom stereocenters. The van der Waals surface area contributed by atoms with Crippen LogP contribution in [0.15, 0.2) is 29.2 Å². The molecule has 1 rings (SSSR count). The van der Waals surface area contributed by atoms with Crippen molar-refractivity contribution in [1.29, 1.82) is 0 Å². The summed E-state index contributed by atoms with van der Waals surface area (Å²) in [6.07, 6.45) is 2.07. The zero-order valence-corrected chi connectivity index (χ0v) is 9.54. The van der Waals surface area contributed by atoms with Crippen LogP contribution in [0.25, 0.3) is 0 Å². The maximum atomic E-state index is 10.7. The lowest BCUT2D eigenvalue weighted by atomic mass is 9.97. The molecular weight excluding hydrogens is 212 g/mol. The van der Waals surface area contributed by atoms with Crippen LogP contribution < -0.4 is 0 Å². The molecule has 0 bridgehead atoms. The summed E-state index contributed by atoms with van der Waals surface area (Å²) in [6, 6.07) is 7.52. The van der Waals surface area contributed by atoms with Crippen molar-refractivity contribution in [1.82, 2.24) is 0 Å². The summed E-state index contributed by atoms with van der Waals surface area (Å²) in [7, 11) is 0. The van der Waals surface area contributed by atoms with Crippen LogP contribution >= 0.6 is 11.8 Å². The molecule has 0 saturated heterocycles. The van der Waals surface area contributed by atoms with Crippen LogP contribution in [-0.4, -0.2) is 28.0 Å². The molecule has 4 heteroatoms. The van der Waals surface area contributed by atoms with Crippen molar-refractivity contribution >= 4 is 17.7 Å². The van der Waals surface area contributed by atoms with Crippen molar-refractivity contribution in [2.24, 2.45) is 0 Å². The number of aliphatic hydroxyl groups is 1. The lowest BCUT2D eigenvalue weighted by molar-refractivity contribution is -0.156. The molecule has 1 aromatic carbocycles. The van der Waals surface area contributed by atoms with Gasteiger partial charge in [-0.25, -0.2) is 4.79 Å². The Morgan fingerprint density at radius 1 is 1.53 bits per heavy atom. The summed E-state index contributed by atoms with van der Waals surface area (Å²) in [4.78, 5) is 11.8. The van der Waals surface area contributed by atoms with Gasteiger partial charge in [0.1, 0.15) is 0 Å². The Morgan fingerprint density at radius 3 is 2.73 bits per heavy atom. The highest BCUT2D eigenvalue weighted by molar-refractivity contribution is 7.98. The van der Waals surface area contributed by atoms with Crippen molar-refractivity contribution in [3.8, 4) is 0 Å². The lowest BCUT2D eigenvalue weighted by Gasteiger charge is -2.17. The summed E-state index contributed by atoms with van der Waals surface area (Å²) in [5.74, 6) is -1.20. The molecule has 0 fully saturated rings. The van der Waals surface area contributed by atoms with Gasteiger partial charge in [0, 0.05) is 11.3 Å². The molecule has 0 radical (unpaired) electrons. The molecule has 1 unspecified atom stereocenters. The van der Waals surface area contributed by atoms with E-state index in [2.05, 4.69) is 0 Å². The molecule has 3 nitrogen and oxygen atoms in total. The van der Waals surface area contributed by atoms with Gasteiger partial charge in [0.25, 0.3) is 0 Å². The summed E-state index contributed by atoms with van der Waals surface area (Å²) >= 11 is 1.59. The lowest BCUT2D eigenvalue weighted by Crippen LogP contribution is -2.37. The maximum Gasteiger partial charge on any atom is 0.335 e. The van der Waals surface area contributed by atoms with Gasteiger partial charge in [-0.3, -0.25) is 0 Å². The van der Waals surface area contributed by atoms with Crippen molar-refractivity contribution < 1.29 is 15.0 Å². The normalized spacial score (nSPS) is 14.6. The summed E-state index contributed by atoms with van der Waals surface area (Å²) in [5, 5.41) is 18.4. The van der Waals surface area contributed by atoms with Crippen LogP contribution in [0, 0.1) is 0 Å². The smallest absolute Gasteiger partial charge is 0.335 e. The SMILES string of the molecule is CSc1cccc(CC(C)(O)C(=O)O)c1. The van der Waals surface area contributed by atoms with E-state index < -0.39 is 11.6 Å². The molecule has 0 saturated carbocycles. The van der Waals surface area contributed by atoms with E-state index in [-0.39, 0.29) is 6.42 Å². The third-order valence-corrected chi connectivity index (χ3v) is 2.87. The Morgan fingerprint density at radius 2 is 2.20 bits per heavy atom. The quantitative estimate of drug-likeness (QED) is 0.768. The third kappa shape index (κ3) is 3.25. The molecule has 0 aliphatic carbocycles. The fraction of sp³-hybridized carbons (Fsp3) is 0.364. The molecule has 2 N–H and O–H groups in total. The summed E-state index contributed by atoms with van der Waals surface area (Å²) < 4.78 is 0. The number of aliphatic carboxylic acids is 1. The minimum absolute atomic E-state index is 0.122. The number of carboxylic acid groups (broad SMARTS) is 1. The van der Waals surface area contributed by atoms with Gasteiger partial charge in [0.2, 0.25) is 0 Å². The number of hydrogen-bond acceptors (Lipinski definition) is 3. The maximum absolute atomic E-state index is 10.7. The molecule has 15 heavy (non-hydrogen) atoms. The van der Waals surface area contributed by atoms with E-state index >= 15 is 0 Å². The zero-order valence-electron chi connectivity index (χ0n) is 8.73. The van der Waals surface area contributed by atoms with Crippen LogP contribution in [0.2, 0.25) is 0 Å². The summed E-state index contributed by atoms with van der Waals surface area (Å²) in [6.45, 7) is 1.31. The number of thioether (sulfide) groups is 1. The predicted octanol–water partition coefficient (Wildman–Crippen LogP) is 1.79. The first-order valence-corrected chi connectivity index (χ1v) is 5.77. The first kappa shape index (κ1) is 12.1. The third-order valence-electron chi connectivity index (χ3n) is 2.14. The largest absolute Gasteiger partial charge is 0.479 e. The average molecular weight is 226 g/mol. The van der Waals surface area contributed by atoms with Crippen LogP contribution in [0.5, 0.6) is 0 Å². The minimum Gasteiger partial charge on any atom is -0.479 e. The molecule has 0 aliphatic rings. The molecule has 0 aliphatic heterocycles. The second-order valence-corrected chi connectivity index (χ2v) is 4.49. The second kappa shape index (κ2) is 4.68. The molecule has 0 amide bonds. The number of rotatable bonds is 4. The van der Waals surface area contributed by atoms with Gasteiger partial charge < -0.3 is 10.2 Å². The van der Waals surface area contributed by atoms with Gasteiger partial charge in [0.05, 0.1) is 0 Å². The Hall–Kier alpha value is -1.00. The second-order valence-electron chi connectivity index (χ2n) is 3.61. The topological polar surface area (TPSA) is 57.5 Å². The summed E-state index contributed by atoms with van der Waals surface area (Å²) in [5.41, 5.74) is -0.869.